The number of hydrogen-bond donors (Lipinski definition) is 1. The average molecular weight is 388 g/mol. The number of aliphatic carboxylic acids is 1. The molecule has 0 radical (unpaired) electrons. The topological polar surface area (TPSA) is 94.0 Å². The molecule has 2 heterocycles. The Labute approximate surface area is 167 Å². The molecule has 0 spiro atoms. The Morgan fingerprint density at radius 2 is 1.90 bits per heavy atom. The highest BCUT2D eigenvalue weighted by Crippen LogP contribution is 2.31. The van der Waals surface area contributed by atoms with Gasteiger partial charge in [-0.05, 0) is 43.2 Å². The maximum atomic E-state index is 10.8. The molecule has 0 aliphatic rings. The van der Waals surface area contributed by atoms with Crippen molar-refractivity contribution in [3.63, 3.8) is 0 Å². The standard InChI is InChI=1S/C22H20N4O3/c1-14-8-9-16(12-15(14)2)21-18(13-26(24-21)17-6-4-3-5-7-17)22-23-19(29-25-22)10-11-20(27)28/h3-9,12-13H,10-11H2,1-2H3,(H,27,28). The van der Waals surface area contributed by atoms with Crippen molar-refractivity contribution >= 4 is 5.97 Å². The number of carboxylic acid groups (broad SMARTS) is 1. The van der Waals surface area contributed by atoms with E-state index < -0.39 is 5.97 Å². The summed E-state index contributed by atoms with van der Waals surface area (Å²) in [5.41, 5.74) is 5.70. The molecule has 0 aliphatic heterocycles. The number of rotatable bonds is 6. The molecule has 4 aromatic rings. The largest absolute Gasteiger partial charge is 0.481 e. The number of nitrogens with zero attached hydrogens (tertiary/aromatic N) is 4. The lowest BCUT2D eigenvalue weighted by atomic mass is 10.0. The quantitative estimate of drug-likeness (QED) is 0.531. The van der Waals surface area contributed by atoms with Gasteiger partial charge in [-0.25, -0.2) is 4.68 Å². The third-order valence-corrected chi connectivity index (χ3v) is 4.78. The van der Waals surface area contributed by atoms with E-state index in [1.54, 1.807) is 4.68 Å². The predicted molar refractivity (Wildman–Crippen MR) is 108 cm³/mol. The van der Waals surface area contributed by atoms with Crippen molar-refractivity contribution in [1.82, 2.24) is 19.9 Å². The summed E-state index contributed by atoms with van der Waals surface area (Å²) in [7, 11) is 0. The molecule has 0 saturated heterocycles. The molecule has 0 unspecified atom stereocenters. The van der Waals surface area contributed by atoms with Gasteiger partial charge < -0.3 is 9.63 Å². The minimum Gasteiger partial charge on any atom is -0.481 e. The molecule has 0 saturated carbocycles. The number of benzene rings is 2. The van der Waals surface area contributed by atoms with Crippen LogP contribution in [-0.2, 0) is 11.2 Å². The van der Waals surface area contributed by atoms with Crippen LogP contribution in [0.4, 0.5) is 0 Å². The highest BCUT2D eigenvalue weighted by molar-refractivity contribution is 5.78. The molecule has 0 aliphatic carbocycles. The van der Waals surface area contributed by atoms with Crippen molar-refractivity contribution < 1.29 is 14.4 Å². The van der Waals surface area contributed by atoms with Crippen LogP contribution in [0.3, 0.4) is 0 Å². The van der Waals surface area contributed by atoms with Crippen LogP contribution in [0.15, 0.2) is 59.3 Å². The first-order chi connectivity index (χ1) is 14.0. The van der Waals surface area contributed by atoms with Gasteiger partial charge in [-0.1, -0.05) is 35.5 Å². The molecular formula is C22H20N4O3. The van der Waals surface area contributed by atoms with E-state index in [1.807, 2.05) is 42.6 Å². The second-order valence-electron chi connectivity index (χ2n) is 6.88. The Balaban J connectivity index is 1.80. The SMILES string of the molecule is Cc1ccc(-c2nn(-c3ccccc3)cc2-c2noc(CCC(=O)O)n2)cc1C. The Kier molecular flexibility index (Phi) is 4.95. The first kappa shape index (κ1) is 18.6. The number of carboxylic acids is 1. The highest BCUT2D eigenvalue weighted by Gasteiger charge is 2.19. The summed E-state index contributed by atoms with van der Waals surface area (Å²) in [6.45, 7) is 4.13. The van der Waals surface area contributed by atoms with Gasteiger partial charge in [-0.3, -0.25) is 4.79 Å². The fourth-order valence-corrected chi connectivity index (χ4v) is 3.03. The van der Waals surface area contributed by atoms with E-state index in [1.165, 1.54) is 5.56 Å². The molecule has 1 N–H and O–H groups in total. The number of carbonyl (C=O) groups is 1. The van der Waals surface area contributed by atoms with Crippen molar-refractivity contribution in [2.45, 2.75) is 26.7 Å². The maximum Gasteiger partial charge on any atom is 0.303 e. The van der Waals surface area contributed by atoms with E-state index in [2.05, 4.69) is 36.1 Å². The fraction of sp³-hybridized carbons (Fsp3) is 0.182. The molecule has 0 atom stereocenters. The van der Waals surface area contributed by atoms with E-state index in [9.17, 15) is 4.79 Å². The first-order valence-corrected chi connectivity index (χ1v) is 9.29. The van der Waals surface area contributed by atoms with Crippen molar-refractivity contribution in [2.75, 3.05) is 0 Å². The van der Waals surface area contributed by atoms with Crippen LogP contribution < -0.4 is 0 Å². The van der Waals surface area contributed by atoms with Gasteiger partial charge in [0.05, 0.1) is 17.7 Å². The van der Waals surface area contributed by atoms with E-state index in [-0.39, 0.29) is 12.8 Å². The summed E-state index contributed by atoms with van der Waals surface area (Å²) in [6.07, 6.45) is 1.99. The molecule has 146 valence electrons. The summed E-state index contributed by atoms with van der Waals surface area (Å²) < 4.78 is 7.04. The second-order valence-corrected chi connectivity index (χ2v) is 6.88. The van der Waals surface area contributed by atoms with Gasteiger partial charge in [0.1, 0.15) is 5.69 Å². The van der Waals surface area contributed by atoms with Gasteiger partial charge in [0, 0.05) is 18.2 Å². The Hall–Kier alpha value is -3.74. The summed E-state index contributed by atoms with van der Waals surface area (Å²) >= 11 is 0. The monoisotopic (exact) mass is 388 g/mol. The normalized spacial score (nSPS) is 11.0. The number of hydrogen-bond acceptors (Lipinski definition) is 5. The zero-order valence-electron chi connectivity index (χ0n) is 16.2. The molecule has 2 aromatic carbocycles. The molecule has 0 amide bonds. The van der Waals surface area contributed by atoms with Crippen molar-refractivity contribution in [3.05, 3.63) is 71.7 Å². The Bertz CT molecular complexity index is 1160. The fourth-order valence-electron chi connectivity index (χ4n) is 3.03. The average Bonchev–Trinajstić information content (AvgIpc) is 3.36. The van der Waals surface area contributed by atoms with E-state index >= 15 is 0 Å². The molecular weight excluding hydrogens is 368 g/mol. The van der Waals surface area contributed by atoms with Crippen LogP contribution in [0, 0.1) is 13.8 Å². The lowest BCUT2D eigenvalue weighted by Crippen LogP contribution is -1.97. The summed E-state index contributed by atoms with van der Waals surface area (Å²) in [6, 6.07) is 16.0. The van der Waals surface area contributed by atoms with Crippen LogP contribution in [0.5, 0.6) is 0 Å². The predicted octanol–water partition coefficient (Wildman–Crippen LogP) is 4.22. The molecule has 7 heteroatoms. The van der Waals surface area contributed by atoms with Crippen molar-refractivity contribution in [3.8, 4) is 28.3 Å². The smallest absolute Gasteiger partial charge is 0.303 e. The third-order valence-electron chi connectivity index (χ3n) is 4.78. The number of para-hydroxylation sites is 1. The van der Waals surface area contributed by atoms with Crippen LogP contribution in [0.25, 0.3) is 28.3 Å². The van der Waals surface area contributed by atoms with Crippen LogP contribution in [-0.4, -0.2) is 31.0 Å². The van der Waals surface area contributed by atoms with Crippen LogP contribution >= 0.6 is 0 Å². The summed E-state index contributed by atoms with van der Waals surface area (Å²) in [5, 5.41) is 17.7. The van der Waals surface area contributed by atoms with Gasteiger partial charge in [-0.15, -0.1) is 0 Å². The first-order valence-electron chi connectivity index (χ1n) is 9.29. The van der Waals surface area contributed by atoms with E-state index in [0.717, 1.165) is 28.1 Å². The van der Waals surface area contributed by atoms with Gasteiger partial charge in [0.25, 0.3) is 0 Å². The van der Waals surface area contributed by atoms with Gasteiger partial charge in [-0.2, -0.15) is 10.1 Å². The minimum atomic E-state index is -0.905. The van der Waals surface area contributed by atoms with Crippen molar-refractivity contribution in [2.24, 2.45) is 0 Å². The van der Waals surface area contributed by atoms with Crippen LogP contribution in [0.2, 0.25) is 0 Å². The van der Waals surface area contributed by atoms with Crippen molar-refractivity contribution in [1.29, 1.82) is 0 Å². The van der Waals surface area contributed by atoms with E-state index in [4.69, 9.17) is 14.7 Å². The molecule has 0 bridgehead atoms. The van der Waals surface area contributed by atoms with Gasteiger partial charge in [0.2, 0.25) is 11.7 Å². The Morgan fingerprint density at radius 3 is 2.62 bits per heavy atom. The van der Waals surface area contributed by atoms with Gasteiger partial charge >= 0.3 is 5.97 Å². The van der Waals surface area contributed by atoms with Crippen LogP contribution in [0.1, 0.15) is 23.4 Å². The molecule has 4 rings (SSSR count). The summed E-state index contributed by atoms with van der Waals surface area (Å²) in [4.78, 5) is 15.2. The Morgan fingerprint density at radius 1 is 1.10 bits per heavy atom. The minimum absolute atomic E-state index is 0.0606. The lowest BCUT2D eigenvalue weighted by molar-refractivity contribution is -0.137. The third kappa shape index (κ3) is 3.94. The highest BCUT2D eigenvalue weighted by atomic mass is 16.5. The number of aromatic nitrogens is 4. The maximum absolute atomic E-state index is 10.8. The number of aryl methyl sites for hydroxylation is 3. The zero-order chi connectivity index (χ0) is 20.4. The lowest BCUT2D eigenvalue weighted by Gasteiger charge is -2.04. The molecule has 0 fully saturated rings. The molecule has 7 nitrogen and oxygen atoms in total. The van der Waals surface area contributed by atoms with E-state index in [0.29, 0.717) is 11.7 Å². The molecule has 29 heavy (non-hydrogen) atoms. The second kappa shape index (κ2) is 7.71. The summed E-state index contributed by atoms with van der Waals surface area (Å²) in [5.74, 6) is -0.223. The van der Waals surface area contributed by atoms with Gasteiger partial charge in [0.15, 0.2) is 0 Å². The zero-order valence-corrected chi connectivity index (χ0v) is 16.2. The molecule has 2 aromatic heterocycles.